The maximum absolute atomic E-state index is 12.4. The summed E-state index contributed by atoms with van der Waals surface area (Å²) in [4.78, 5) is 16.6. The van der Waals surface area contributed by atoms with E-state index in [0.717, 1.165) is 0 Å². The zero-order valence-electron chi connectivity index (χ0n) is 11.2. The SMILES string of the molecule is CCOCCn1cnc2c(OC)c(Cl)cc(Cl)c2c1=O. The largest absolute Gasteiger partial charge is 0.493 e. The smallest absolute Gasteiger partial charge is 0.262 e. The molecule has 0 spiro atoms. The van der Waals surface area contributed by atoms with Crippen LogP contribution in [0.15, 0.2) is 17.2 Å². The molecule has 0 atom stereocenters. The fraction of sp³-hybridized carbons (Fsp3) is 0.385. The van der Waals surface area contributed by atoms with E-state index in [4.69, 9.17) is 32.7 Å². The van der Waals surface area contributed by atoms with Gasteiger partial charge < -0.3 is 9.47 Å². The minimum Gasteiger partial charge on any atom is -0.493 e. The van der Waals surface area contributed by atoms with Crippen LogP contribution < -0.4 is 10.3 Å². The first kappa shape index (κ1) is 15.1. The average molecular weight is 317 g/mol. The first-order valence-corrected chi connectivity index (χ1v) is 6.84. The summed E-state index contributed by atoms with van der Waals surface area (Å²) < 4.78 is 11.9. The zero-order chi connectivity index (χ0) is 14.7. The van der Waals surface area contributed by atoms with E-state index in [2.05, 4.69) is 4.98 Å². The van der Waals surface area contributed by atoms with E-state index in [1.54, 1.807) is 0 Å². The van der Waals surface area contributed by atoms with Gasteiger partial charge in [0.25, 0.3) is 5.56 Å². The molecule has 0 bridgehead atoms. The van der Waals surface area contributed by atoms with Gasteiger partial charge in [-0.2, -0.15) is 0 Å². The Kier molecular flexibility index (Phi) is 4.86. The van der Waals surface area contributed by atoms with Crippen molar-refractivity contribution in [3.63, 3.8) is 0 Å². The van der Waals surface area contributed by atoms with Crippen LogP contribution in [-0.2, 0) is 11.3 Å². The van der Waals surface area contributed by atoms with E-state index >= 15 is 0 Å². The summed E-state index contributed by atoms with van der Waals surface area (Å²) in [6.45, 7) is 3.34. The molecule has 0 aliphatic carbocycles. The van der Waals surface area contributed by atoms with Crippen LogP contribution in [0.1, 0.15) is 6.92 Å². The molecule has 1 aromatic heterocycles. The predicted octanol–water partition coefficient (Wildman–Crippen LogP) is 2.75. The number of hydrogen-bond donors (Lipinski definition) is 0. The Morgan fingerprint density at radius 1 is 1.35 bits per heavy atom. The molecule has 0 saturated carbocycles. The van der Waals surface area contributed by atoms with Crippen molar-refractivity contribution in [2.75, 3.05) is 20.3 Å². The van der Waals surface area contributed by atoms with Gasteiger partial charge in [0.2, 0.25) is 0 Å². The van der Waals surface area contributed by atoms with Crippen molar-refractivity contribution in [1.82, 2.24) is 9.55 Å². The molecule has 20 heavy (non-hydrogen) atoms. The van der Waals surface area contributed by atoms with Crippen molar-refractivity contribution in [1.29, 1.82) is 0 Å². The van der Waals surface area contributed by atoms with Crippen molar-refractivity contribution in [2.24, 2.45) is 0 Å². The number of nitrogens with zero attached hydrogens (tertiary/aromatic N) is 2. The maximum atomic E-state index is 12.4. The number of benzene rings is 1. The highest BCUT2D eigenvalue weighted by Crippen LogP contribution is 2.35. The Labute approximate surface area is 126 Å². The van der Waals surface area contributed by atoms with Crippen LogP contribution in [0.5, 0.6) is 5.75 Å². The van der Waals surface area contributed by atoms with E-state index in [1.807, 2.05) is 6.92 Å². The summed E-state index contributed by atoms with van der Waals surface area (Å²) in [5.74, 6) is 0.347. The average Bonchev–Trinajstić information content (AvgIpc) is 2.41. The van der Waals surface area contributed by atoms with Crippen molar-refractivity contribution < 1.29 is 9.47 Å². The van der Waals surface area contributed by atoms with E-state index in [0.29, 0.717) is 41.4 Å². The van der Waals surface area contributed by atoms with Gasteiger partial charge in [0.15, 0.2) is 5.75 Å². The van der Waals surface area contributed by atoms with E-state index < -0.39 is 0 Å². The third kappa shape index (κ3) is 2.75. The van der Waals surface area contributed by atoms with Crippen LogP contribution in [0, 0.1) is 0 Å². The number of aromatic nitrogens is 2. The first-order chi connectivity index (χ1) is 9.60. The summed E-state index contributed by atoms with van der Waals surface area (Å²) in [5.41, 5.74) is 0.123. The van der Waals surface area contributed by atoms with E-state index in [1.165, 1.54) is 24.1 Å². The summed E-state index contributed by atoms with van der Waals surface area (Å²) in [6, 6.07) is 1.49. The molecule has 2 rings (SSSR count). The van der Waals surface area contributed by atoms with Crippen molar-refractivity contribution >= 4 is 34.1 Å². The van der Waals surface area contributed by atoms with Gasteiger partial charge in [-0.15, -0.1) is 0 Å². The molecule has 7 heteroatoms. The molecule has 0 aliphatic rings. The fourth-order valence-corrected chi connectivity index (χ4v) is 2.51. The van der Waals surface area contributed by atoms with Crippen molar-refractivity contribution in [2.45, 2.75) is 13.5 Å². The Morgan fingerprint density at radius 3 is 2.75 bits per heavy atom. The van der Waals surface area contributed by atoms with Gasteiger partial charge in [-0.1, -0.05) is 23.2 Å². The molecule has 5 nitrogen and oxygen atoms in total. The molecule has 0 saturated heterocycles. The summed E-state index contributed by atoms with van der Waals surface area (Å²) in [7, 11) is 1.47. The highest BCUT2D eigenvalue weighted by molar-refractivity contribution is 6.39. The van der Waals surface area contributed by atoms with Gasteiger partial charge >= 0.3 is 0 Å². The number of halogens is 2. The predicted molar refractivity (Wildman–Crippen MR) is 79.1 cm³/mol. The standard InChI is InChI=1S/C13H14Cl2N2O3/c1-3-20-5-4-17-7-16-11-10(13(17)18)8(14)6-9(15)12(11)19-2/h6-7H,3-5H2,1-2H3. The summed E-state index contributed by atoms with van der Waals surface area (Å²) in [6.07, 6.45) is 1.44. The molecule has 0 amide bonds. The molecule has 1 heterocycles. The summed E-state index contributed by atoms with van der Waals surface area (Å²) in [5, 5.41) is 0.880. The maximum Gasteiger partial charge on any atom is 0.262 e. The molecule has 0 radical (unpaired) electrons. The quantitative estimate of drug-likeness (QED) is 0.796. The Balaban J connectivity index is 2.58. The molecule has 0 unspecified atom stereocenters. The van der Waals surface area contributed by atoms with Crippen LogP contribution >= 0.6 is 23.2 Å². The molecule has 0 fully saturated rings. The Hall–Kier alpha value is -1.30. The lowest BCUT2D eigenvalue weighted by molar-refractivity contribution is 0.138. The van der Waals surface area contributed by atoms with E-state index in [9.17, 15) is 4.79 Å². The highest BCUT2D eigenvalue weighted by Gasteiger charge is 2.16. The van der Waals surface area contributed by atoms with Gasteiger partial charge in [-0.3, -0.25) is 9.36 Å². The molecule has 0 N–H and O–H groups in total. The number of hydrogen-bond acceptors (Lipinski definition) is 4. The second kappa shape index (κ2) is 6.43. The fourth-order valence-electron chi connectivity index (χ4n) is 1.90. The van der Waals surface area contributed by atoms with Crippen LogP contribution in [0.2, 0.25) is 10.0 Å². The van der Waals surface area contributed by atoms with Crippen LogP contribution in [0.4, 0.5) is 0 Å². The third-order valence-electron chi connectivity index (χ3n) is 2.85. The lowest BCUT2D eigenvalue weighted by Crippen LogP contribution is -2.23. The molecular weight excluding hydrogens is 303 g/mol. The monoisotopic (exact) mass is 316 g/mol. The number of methoxy groups -OCH3 is 1. The normalized spacial score (nSPS) is 11.0. The minimum atomic E-state index is -0.241. The minimum absolute atomic E-state index is 0.241. The first-order valence-electron chi connectivity index (χ1n) is 6.09. The third-order valence-corrected chi connectivity index (χ3v) is 3.43. The van der Waals surface area contributed by atoms with Crippen molar-refractivity contribution in [3.8, 4) is 5.75 Å². The van der Waals surface area contributed by atoms with Gasteiger partial charge in [0, 0.05) is 6.61 Å². The second-order valence-electron chi connectivity index (χ2n) is 4.04. The lowest BCUT2D eigenvalue weighted by Gasteiger charge is -2.11. The van der Waals surface area contributed by atoms with Crippen molar-refractivity contribution in [3.05, 3.63) is 32.8 Å². The topological polar surface area (TPSA) is 53.4 Å². The highest BCUT2D eigenvalue weighted by atomic mass is 35.5. The Morgan fingerprint density at radius 2 is 2.10 bits per heavy atom. The van der Waals surface area contributed by atoms with Crippen LogP contribution in [-0.4, -0.2) is 29.9 Å². The molecule has 108 valence electrons. The van der Waals surface area contributed by atoms with Gasteiger partial charge in [-0.05, 0) is 13.0 Å². The number of fused-ring (bicyclic) bond motifs is 1. The Bertz CT molecular complexity index is 685. The zero-order valence-corrected chi connectivity index (χ0v) is 12.7. The van der Waals surface area contributed by atoms with Crippen LogP contribution in [0.25, 0.3) is 10.9 Å². The van der Waals surface area contributed by atoms with Gasteiger partial charge in [-0.25, -0.2) is 4.98 Å². The van der Waals surface area contributed by atoms with E-state index in [-0.39, 0.29) is 10.6 Å². The number of ether oxygens (including phenoxy) is 2. The summed E-state index contributed by atoms with van der Waals surface area (Å²) >= 11 is 12.1. The molecule has 0 aliphatic heterocycles. The molecule has 2 aromatic rings. The van der Waals surface area contributed by atoms with Crippen LogP contribution in [0.3, 0.4) is 0 Å². The van der Waals surface area contributed by atoms with Gasteiger partial charge in [0.1, 0.15) is 5.52 Å². The molecular formula is C13H14Cl2N2O3. The second-order valence-corrected chi connectivity index (χ2v) is 4.85. The number of rotatable bonds is 5. The van der Waals surface area contributed by atoms with Gasteiger partial charge in [0.05, 0.1) is 42.0 Å². The molecule has 1 aromatic carbocycles. The lowest BCUT2D eigenvalue weighted by atomic mass is 10.2.